The Hall–Kier alpha value is -2.40. The molecule has 7 nitrogen and oxygen atoms in total. The van der Waals surface area contributed by atoms with Crippen LogP contribution in [-0.4, -0.2) is 46.1 Å². The summed E-state index contributed by atoms with van der Waals surface area (Å²) in [7, 11) is 0. The average Bonchev–Trinajstić information content (AvgIpc) is 3.20. The molecule has 3 atom stereocenters. The second-order valence-electron chi connectivity index (χ2n) is 7.78. The minimum atomic E-state index is -0.876. The number of aromatic nitrogens is 3. The van der Waals surface area contributed by atoms with E-state index in [2.05, 4.69) is 16.2 Å². The Morgan fingerprint density at radius 1 is 1.28 bits per heavy atom. The number of halogens is 1. The number of terminal acetylenes is 1. The highest BCUT2D eigenvalue weighted by Gasteiger charge is 2.48. The van der Waals surface area contributed by atoms with Crippen molar-refractivity contribution < 1.29 is 19.0 Å². The monoisotopic (exact) mass is 459 g/mol. The molecule has 32 heavy (non-hydrogen) atoms. The Morgan fingerprint density at radius 2 is 1.97 bits per heavy atom. The summed E-state index contributed by atoms with van der Waals surface area (Å²) in [4.78, 5) is 13.2. The highest BCUT2D eigenvalue weighted by Crippen LogP contribution is 2.41. The Bertz CT molecular complexity index is 929. The van der Waals surface area contributed by atoms with E-state index in [1.54, 1.807) is 0 Å². The third-order valence-electron chi connectivity index (χ3n) is 5.89. The number of rotatable bonds is 9. The minimum Gasteiger partial charge on any atom is -0.444 e. The topological polar surface area (TPSA) is 75.5 Å². The molecule has 2 unspecified atom stereocenters. The fourth-order valence-electron chi connectivity index (χ4n) is 4.41. The minimum absolute atomic E-state index is 0.0296. The number of ether oxygens (including phenoxy) is 3. The van der Waals surface area contributed by atoms with E-state index in [0.717, 1.165) is 24.8 Å². The zero-order chi connectivity index (χ0) is 23.1. The molecule has 1 fully saturated rings. The van der Waals surface area contributed by atoms with Crippen LogP contribution in [0.1, 0.15) is 68.5 Å². The number of carbonyl (C=O) groups is 1. The van der Waals surface area contributed by atoms with Crippen molar-refractivity contribution in [2.24, 2.45) is 5.92 Å². The van der Waals surface area contributed by atoms with Crippen LogP contribution in [0.15, 0.2) is 30.3 Å². The largest absolute Gasteiger partial charge is 0.444 e. The SMILES string of the molecule is C#CC(OC(=O)c1c(Cl)nnn1[C@H](C)c1ccccc1)C1CCCCC1(OCC)OCC. The summed E-state index contributed by atoms with van der Waals surface area (Å²) >= 11 is 6.24. The van der Waals surface area contributed by atoms with Crippen molar-refractivity contribution >= 4 is 17.6 Å². The maximum atomic E-state index is 13.2. The van der Waals surface area contributed by atoms with E-state index < -0.39 is 17.9 Å². The van der Waals surface area contributed by atoms with Gasteiger partial charge in [-0.25, -0.2) is 9.48 Å². The van der Waals surface area contributed by atoms with Crippen molar-refractivity contribution in [3.63, 3.8) is 0 Å². The molecule has 0 radical (unpaired) electrons. The molecule has 172 valence electrons. The van der Waals surface area contributed by atoms with E-state index in [-0.39, 0.29) is 22.8 Å². The Kier molecular flexibility index (Phi) is 8.30. The third kappa shape index (κ3) is 4.98. The lowest BCUT2D eigenvalue weighted by Crippen LogP contribution is -2.51. The molecule has 0 aliphatic heterocycles. The van der Waals surface area contributed by atoms with Crippen molar-refractivity contribution in [1.82, 2.24) is 15.0 Å². The fourth-order valence-corrected chi connectivity index (χ4v) is 4.61. The fraction of sp³-hybridized carbons (Fsp3) is 0.542. The van der Waals surface area contributed by atoms with Gasteiger partial charge in [-0.15, -0.1) is 11.5 Å². The second-order valence-corrected chi connectivity index (χ2v) is 8.14. The Morgan fingerprint density at radius 3 is 2.59 bits per heavy atom. The van der Waals surface area contributed by atoms with E-state index in [1.165, 1.54) is 4.68 Å². The van der Waals surface area contributed by atoms with Gasteiger partial charge >= 0.3 is 5.97 Å². The molecule has 1 aliphatic rings. The van der Waals surface area contributed by atoms with Gasteiger partial charge in [0.1, 0.15) is 0 Å². The predicted octanol–water partition coefficient (Wildman–Crippen LogP) is 4.66. The van der Waals surface area contributed by atoms with E-state index in [9.17, 15) is 4.79 Å². The van der Waals surface area contributed by atoms with Crippen LogP contribution in [0, 0.1) is 18.3 Å². The van der Waals surface area contributed by atoms with Crippen LogP contribution >= 0.6 is 11.6 Å². The number of hydrogen-bond acceptors (Lipinski definition) is 6. The van der Waals surface area contributed by atoms with Gasteiger partial charge in [-0.2, -0.15) is 0 Å². The van der Waals surface area contributed by atoms with Gasteiger partial charge < -0.3 is 14.2 Å². The molecule has 2 aromatic rings. The summed E-state index contributed by atoms with van der Waals surface area (Å²) in [6.45, 7) is 6.68. The molecule has 1 heterocycles. The number of hydrogen-bond donors (Lipinski definition) is 0. The molecule has 1 saturated carbocycles. The average molecular weight is 460 g/mol. The summed E-state index contributed by atoms with van der Waals surface area (Å²) in [5, 5.41) is 7.94. The smallest absolute Gasteiger partial charge is 0.361 e. The first-order valence-electron chi connectivity index (χ1n) is 11.1. The Balaban J connectivity index is 1.87. The highest BCUT2D eigenvalue weighted by atomic mass is 35.5. The molecule has 8 heteroatoms. The molecule has 0 spiro atoms. The lowest BCUT2D eigenvalue weighted by molar-refractivity contribution is -0.286. The molecule has 0 N–H and O–H groups in total. The van der Waals surface area contributed by atoms with Crippen molar-refractivity contribution in [2.75, 3.05) is 13.2 Å². The molecule has 0 bridgehead atoms. The summed E-state index contributed by atoms with van der Waals surface area (Å²) in [5.74, 6) is 0.803. The second kappa shape index (κ2) is 11.0. The molecule has 3 rings (SSSR count). The standard InChI is InChI=1S/C24H30ClN3O4/c1-5-20(19-15-11-12-16-24(19,30-6-2)31-7-3)32-23(29)21-22(25)26-27-28(21)17(4)18-13-9-8-10-14-18/h1,8-10,13-14,17,19-20H,6-7,11-12,15-16H2,2-4H3/t17-,19?,20?/m1/s1. The van der Waals surface area contributed by atoms with Gasteiger partial charge in [-0.3, -0.25) is 0 Å². The van der Waals surface area contributed by atoms with Crippen molar-refractivity contribution in [3.8, 4) is 12.3 Å². The quantitative estimate of drug-likeness (QED) is 0.308. The number of nitrogens with zero attached hydrogens (tertiary/aromatic N) is 3. The first kappa shape index (κ1) is 24.2. The number of benzene rings is 1. The Labute approximate surface area is 194 Å². The van der Waals surface area contributed by atoms with Crippen LogP contribution in [0.4, 0.5) is 0 Å². The lowest BCUT2D eigenvalue weighted by atomic mass is 9.79. The van der Waals surface area contributed by atoms with Gasteiger partial charge in [-0.1, -0.05) is 59.5 Å². The van der Waals surface area contributed by atoms with Gasteiger partial charge in [0.2, 0.25) is 0 Å². The summed E-state index contributed by atoms with van der Waals surface area (Å²) < 4.78 is 19.4. The molecule has 0 amide bonds. The highest BCUT2D eigenvalue weighted by molar-refractivity contribution is 6.32. The van der Waals surface area contributed by atoms with E-state index in [4.69, 9.17) is 32.2 Å². The summed E-state index contributed by atoms with van der Waals surface area (Å²) in [6.07, 6.45) is 8.33. The van der Waals surface area contributed by atoms with E-state index >= 15 is 0 Å². The number of carbonyl (C=O) groups excluding carboxylic acids is 1. The molecular formula is C24H30ClN3O4. The van der Waals surface area contributed by atoms with Crippen molar-refractivity contribution in [1.29, 1.82) is 0 Å². The van der Waals surface area contributed by atoms with Gasteiger partial charge in [0.25, 0.3) is 0 Å². The van der Waals surface area contributed by atoms with Gasteiger partial charge in [0, 0.05) is 19.6 Å². The maximum Gasteiger partial charge on any atom is 0.361 e. The first-order chi connectivity index (χ1) is 15.5. The van der Waals surface area contributed by atoms with Crippen LogP contribution in [0.3, 0.4) is 0 Å². The summed E-state index contributed by atoms with van der Waals surface area (Å²) in [6, 6.07) is 9.37. The molecule has 0 saturated heterocycles. The molecular weight excluding hydrogens is 430 g/mol. The third-order valence-corrected chi connectivity index (χ3v) is 6.15. The van der Waals surface area contributed by atoms with Crippen molar-refractivity contribution in [2.45, 2.75) is 64.4 Å². The van der Waals surface area contributed by atoms with Crippen LogP contribution in [0.5, 0.6) is 0 Å². The van der Waals surface area contributed by atoms with Crippen LogP contribution in [-0.2, 0) is 14.2 Å². The maximum absolute atomic E-state index is 13.2. The molecule has 1 aliphatic carbocycles. The molecule has 1 aromatic carbocycles. The predicted molar refractivity (Wildman–Crippen MR) is 121 cm³/mol. The normalized spacial score (nSPS) is 19.7. The van der Waals surface area contributed by atoms with E-state index in [0.29, 0.717) is 19.6 Å². The zero-order valence-electron chi connectivity index (χ0n) is 18.8. The van der Waals surface area contributed by atoms with Gasteiger partial charge in [0.05, 0.1) is 12.0 Å². The zero-order valence-corrected chi connectivity index (χ0v) is 19.5. The first-order valence-corrected chi connectivity index (χ1v) is 11.5. The van der Waals surface area contributed by atoms with Crippen LogP contribution < -0.4 is 0 Å². The van der Waals surface area contributed by atoms with Crippen LogP contribution in [0.2, 0.25) is 5.15 Å². The van der Waals surface area contributed by atoms with Gasteiger partial charge in [0.15, 0.2) is 22.7 Å². The number of esters is 1. The van der Waals surface area contributed by atoms with Crippen LogP contribution in [0.25, 0.3) is 0 Å². The van der Waals surface area contributed by atoms with E-state index in [1.807, 2.05) is 51.1 Å². The summed E-state index contributed by atoms with van der Waals surface area (Å²) in [5.41, 5.74) is 1.02. The van der Waals surface area contributed by atoms with Crippen molar-refractivity contribution in [3.05, 3.63) is 46.7 Å². The molecule has 1 aromatic heterocycles. The lowest BCUT2D eigenvalue weighted by Gasteiger charge is -2.44. The van der Waals surface area contributed by atoms with Gasteiger partial charge in [-0.05, 0) is 39.2 Å².